The Bertz CT molecular complexity index is 1370. The van der Waals surface area contributed by atoms with Crippen molar-refractivity contribution >= 4 is 29.2 Å². The molecule has 184 valence electrons. The molecule has 0 bridgehead atoms. The first-order chi connectivity index (χ1) is 17.2. The Balaban J connectivity index is 1.57. The minimum absolute atomic E-state index is 0.0171. The maximum atomic E-state index is 13.4. The molecule has 10 heteroatoms. The number of hydrogen-bond donors (Lipinski definition) is 5. The topological polar surface area (TPSA) is 157 Å². The zero-order valence-electron chi connectivity index (χ0n) is 19.0. The van der Waals surface area contributed by atoms with E-state index in [1.807, 2.05) is 6.07 Å². The number of primary amides is 1. The van der Waals surface area contributed by atoms with Crippen LogP contribution >= 0.6 is 12.2 Å². The van der Waals surface area contributed by atoms with E-state index in [-0.39, 0.29) is 11.5 Å². The van der Waals surface area contributed by atoms with Crippen molar-refractivity contribution in [1.29, 1.82) is 0 Å². The molecular weight excluding hydrogens is 482 g/mol. The van der Waals surface area contributed by atoms with Crippen LogP contribution in [0.4, 0.5) is 4.79 Å². The molecule has 1 atom stereocenters. The standard InChI is InChI=1S/C26H23N3O6S/c27-19(5-2-6-22(36)29-25(28)33)15-3-1-4-18-23(15)24(32)35-26(18)16-9-7-13(30)11-20(16)34-21-12-14(31)8-10-17(21)26/h1,3-4,7-12,19,30-31H,2,5-6,27H2,(H3,28,29,33,36). The Morgan fingerprint density at radius 3 is 2.28 bits per heavy atom. The number of amides is 2. The molecule has 2 aliphatic heterocycles. The fourth-order valence-corrected chi connectivity index (χ4v) is 5.16. The minimum Gasteiger partial charge on any atom is -0.508 e. The Morgan fingerprint density at radius 2 is 1.67 bits per heavy atom. The fraction of sp³-hybridized carbons (Fsp3) is 0.192. The molecule has 0 radical (unpaired) electrons. The lowest BCUT2D eigenvalue weighted by Crippen LogP contribution is -2.33. The molecule has 0 saturated heterocycles. The zero-order chi connectivity index (χ0) is 25.6. The smallest absolute Gasteiger partial charge is 0.340 e. The third-order valence-corrected chi connectivity index (χ3v) is 6.72. The summed E-state index contributed by atoms with van der Waals surface area (Å²) < 4.78 is 12.1. The summed E-state index contributed by atoms with van der Waals surface area (Å²) in [5.74, 6) is 0.0351. The average molecular weight is 506 g/mol. The summed E-state index contributed by atoms with van der Waals surface area (Å²) in [6, 6.07) is 13.4. The van der Waals surface area contributed by atoms with Crippen LogP contribution in [0, 0.1) is 0 Å². The number of thiocarbonyl (C=S) groups is 1. The van der Waals surface area contributed by atoms with E-state index in [0.717, 1.165) is 0 Å². The lowest BCUT2D eigenvalue weighted by Gasteiger charge is -2.36. The Kier molecular flexibility index (Phi) is 5.77. The second kappa shape index (κ2) is 8.81. The molecule has 36 heavy (non-hydrogen) atoms. The van der Waals surface area contributed by atoms with Gasteiger partial charge in [-0.3, -0.25) is 0 Å². The van der Waals surface area contributed by atoms with Crippen LogP contribution in [0.3, 0.4) is 0 Å². The quantitative estimate of drug-likeness (QED) is 0.259. The maximum absolute atomic E-state index is 13.4. The van der Waals surface area contributed by atoms with Crippen molar-refractivity contribution < 1.29 is 29.3 Å². The highest BCUT2D eigenvalue weighted by molar-refractivity contribution is 7.80. The summed E-state index contributed by atoms with van der Waals surface area (Å²) in [7, 11) is 0. The number of esters is 1. The van der Waals surface area contributed by atoms with E-state index in [1.165, 1.54) is 24.3 Å². The summed E-state index contributed by atoms with van der Waals surface area (Å²) in [6.07, 6.45) is 1.48. The molecule has 5 rings (SSSR count). The highest BCUT2D eigenvalue weighted by Crippen LogP contribution is 2.57. The number of phenols is 2. The molecule has 3 aromatic rings. The summed E-state index contributed by atoms with van der Waals surface area (Å²) in [5.41, 5.74) is 12.9. The van der Waals surface area contributed by atoms with Crippen LogP contribution in [0.1, 0.15) is 57.9 Å². The minimum atomic E-state index is -1.35. The highest BCUT2D eigenvalue weighted by Gasteiger charge is 2.54. The Labute approximate surface area is 211 Å². The van der Waals surface area contributed by atoms with Gasteiger partial charge in [0.1, 0.15) is 23.0 Å². The number of rotatable bonds is 5. The lowest BCUT2D eigenvalue weighted by molar-refractivity contribution is 0.0223. The molecule has 2 heterocycles. The number of ether oxygens (including phenoxy) is 2. The molecule has 2 aliphatic rings. The van der Waals surface area contributed by atoms with Crippen molar-refractivity contribution in [1.82, 2.24) is 5.32 Å². The predicted molar refractivity (Wildman–Crippen MR) is 134 cm³/mol. The fourth-order valence-electron chi connectivity index (χ4n) is 4.92. The Hall–Kier alpha value is -4.15. The number of nitrogens with one attached hydrogen (secondary N) is 1. The molecule has 3 aromatic carbocycles. The molecular formula is C26H23N3O6S. The number of urea groups is 1. The van der Waals surface area contributed by atoms with Crippen molar-refractivity contribution in [3.63, 3.8) is 0 Å². The van der Waals surface area contributed by atoms with Crippen molar-refractivity contribution in [2.75, 3.05) is 0 Å². The van der Waals surface area contributed by atoms with Gasteiger partial charge in [-0.1, -0.05) is 30.4 Å². The first-order valence-electron chi connectivity index (χ1n) is 11.3. The van der Waals surface area contributed by atoms with Gasteiger partial charge in [0.2, 0.25) is 0 Å². The number of carbonyl (C=O) groups excluding carboxylic acids is 2. The van der Waals surface area contributed by atoms with E-state index in [0.29, 0.717) is 63.6 Å². The second-order valence-electron chi connectivity index (χ2n) is 8.71. The lowest BCUT2D eigenvalue weighted by atomic mass is 9.76. The van der Waals surface area contributed by atoms with Crippen LogP contribution in [0.5, 0.6) is 23.0 Å². The van der Waals surface area contributed by atoms with Crippen LogP contribution in [-0.4, -0.2) is 27.2 Å². The van der Waals surface area contributed by atoms with Crippen LogP contribution in [-0.2, 0) is 10.3 Å². The molecule has 7 N–H and O–H groups in total. The normalized spacial score (nSPS) is 15.2. The van der Waals surface area contributed by atoms with Gasteiger partial charge in [-0.25, -0.2) is 9.59 Å². The van der Waals surface area contributed by atoms with Gasteiger partial charge >= 0.3 is 12.0 Å². The third kappa shape index (κ3) is 3.80. The highest BCUT2D eigenvalue weighted by atomic mass is 32.1. The zero-order valence-corrected chi connectivity index (χ0v) is 19.8. The first kappa shape index (κ1) is 23.6. The van der Waals surface area contributed by atoms with Crippen molar-refractivity contribution in [2.24, 2.45) is 11.5 Å². The van der Waals surface area contributed by atoms with Crippen molar-refractivity contribution in [2.45, 2.75) is 30.9 Å². The van der Waals surface area contributed by atoms with E-state index in [1.54, 1.807) is 24.3 Å². The van der Waals surface area contributed by atoms with Gasteiger partial charge in [0, 0.05) is 34.9 Å². The summed E-state index contributed by atoms with van der Waals surface area (Å²) in [6.45, 7) is 0. The van der Waals surface area contributed by atoms with Crippen LogP contribution in [0.2, 0.25) is 0 Å². The average Bonchev–Trinajstić information content (AvgIpc) is 3.11. The van der Waals surface area contributed by atoms with Gasteiger partial charge < -0.3 is 36.5 Å². The number of hydrogen-bond acceptors (Lipinski definition) is 8. The van der Waals surface area contributed by atoms with Crippen LogP contribution in [0.25, 0.3) is 0 Å². The van der Waals surface area contributed by atoms with E-state index >= 15 is 0 Å². The van der Waals surface area contributed by atoms with Gasteiger partial charge in [-0.2, -0.15) is 0 Å². The number of aromatic hydroxyl groups is 2. The van der Waals surface area contributed by atoms with Crippen LogP contribution < -0.4 is 21.5 Å². The van der Waals surface area contributed by atoms with E-state index in [2.05, 4.69) is 5.32 Å². The van der Waals surface area contributed by atoms with Gasteiger partial charge in [-0.05, 0) is 49.1 Å². The summed E-state index contributed by atoms with van der Waals surface area (Å²) >= 11 is 5.10. The molecule has 9 nitrogen and oxygen atoms in total. The van der Waals surface area contributed by atoms with E-state index in [4.69, 9.17) is 33.2 Å². The second-order valence-corrected chi connectivity index (χ2v) is 9.21. The van der Waals surface area contributed by atoms with Crippen molar-refractivity contribution in [3.8, 4) is 23.0 Å². The molecule has 2 amide bonds. The summed E-state index contributed by atoms with van der Waals surface area (Å²) in [5, 5.41) is 22.5. The molecule has 0 aliphatic carbocycles. The molecule has 1 unspecified atom stereocenters. The molecule has 0 aromatic heterocycles. The van der Waals surface area contributed by atoms with E-state index in [9.17, 15) is 19.8 Å². The monoisotopic (exact) mass is 505 g/mol. The van der Waals surface area contributed by atoms with Gasteiger partial charge in [0.15, 0.2) is 5.60 Å². The number of nitrogens with two attached hydrogens (primary N) is 2. The van der Waals surface area contributed by atoms with Crippen LogP contribution in [0.15, 0.2) is 54.6 Å². The number of benzene rings is 3. The third-order valence-electron chi connectivity index (χ3n) is 6.42. The predicted octanol–water partition coefficient (Wildman–Crippen LogP) is 3.83. The maximum Gasteiger partial charge on any atom is 0.340 e. The van der Waals surface area contributed by atoms with Gasteiger partial charge in [0.25, 0.3) is 0 Å². The van der Waals surface area contributed by atoms with E-state index < -0.39 is 23.6 Å². The SMILES string of the molecule is NC(=O)NC(=S)CCCC(N)c1cccc2c1C(=O)OC21c2ccc(O)cc2Oc2cc(O)ccc21. The molecule has 1 spiro atoms. The van der Waals surface area contributed by atoms with Gasteiger partial charge in [-0.15, -0.1) is 0 Å². The van der Waals surface area contributed by atoms with Gasteiger partial charge in [0.05, 0.1) is 10.6 Å². The largest absolute Gasteiger partial charge is 0.508 e. The number of fused-ring (bicyclic) bond motifs is 6. The number of phenolic OH excluding ortho intramolecular Hbond substituents is 2. The van der Waals surface area contributed by atoms with Crippen molar-refractivity contribution in [3.05, 3.63) is 82.4 Å². The summed E-state index contributed by atoms with van der Waals surface area (Å²) in [4.78, 5) is 24.7. The molecule has 0 saturated carbocycles. The first-order valence-corrected chi connectivity index (χ1v) is 11.7. The number of carbonyl (C=O) groups is 2. The molecule has 0 fully saturated rings. The Morgan fingerprint density at radius 1 is 1.03 bits per heavy atom.